The fourth-order valence-corrected chi connectivity index (χ4v) is 3.17. The molecule has 0 spiro atoms. The van der Waals surface area contributed by atoms with E-state index in [0.717, 1.165) is 35.6 Å². The second-order valence-electron chi connectivity index (χ2n) is 5.06. The molecular formula is C13H24N4S. The predicted molar refractivity (Wildman–Crippen MR) is 77.0 cm³/mol. The Morgan fingerprint density at radius 2 is 2.06 bits per heavy atom. The maximum Gasteiger partial charge on any atom is 0.205 e. The molecule has 1 aliphatic rings. The first-order valence-electron chi connectivity index (χ1n) is 7.10. The number of nitrogens with zero attached hydrogens (tertiary/aromatic N) is 3. The average Bonchev–Trinajstić information content (AvgIpc) is 2.85. The Kier molecular flexibility index (Phi) is 5.38. The summed E-state index contributed by atoms with van der Waals surface area (Å²) in [5.74, 6) is 0.942. The largest absolute Gasteiger partial charge is 0.360 e. The number of hydrogen-bond acceptors (Lipinski definition) is 5. The van der Waals surface area contributed by atoms with E-state index in [1.54, 1.807) is 11.3 Å². The van der Waals surface area contributed by atoms with Crippen LogP contribution >= 0.6 is 11.3 Å². The lowest BCUT2D eigenvalue weighted by Crippen LogP contribution is -2.32. The molecule has 1 N–H and O–H groups in total. The molecule has 102 valence electrons. The van der Waals surface area contributed by atoms with E-state index in [-0.39, 0.29) is 0 Å². The molecule has 0 atom stereocenters. The molecule has 0 unspecified atom stereocenters. The second-order valence-corrected chi connectivity index (χ2v) is 6.12. The minimum absolute atomic E-state index is 0.942. The summed E-state index contributed by atoms with van der Waals surface area (Å²) in [6.07, 6.45) is 5.14. The quantitative estimate of drug-likeness (QED) is 0.861. The molecule has 1 saturated heterocycles. The number of anilines is 1. The van der Waals surface area contributed by atoms with Gasteiger partial charge < -0.3 is 5.32 Å². The summed E-state index contributed by atoms with van der Waals surface area (Å²) < 4.78 is 0. The third-order valence-corrected chi connectivity index (χ3v) is 4.50. The summed E-state index contributed by atoms with van der Waals surface area (Å²) in [4.78, 5) is 2.51. The lowest BCUT2D eigenvalue weighted by Gasteiger charge is -2.30. The Balaban J connectivity index is 1.77. The fourth-order valence-electron chi connectivity index (χ4n) is 2.36. The smallest absolute Gasteiger partial charge is 0.205 e. The highest BCUT2D eigenvalue weighted by atomic mass is 32.1. The van der Waals surface area contributed by atoms with Gasteiger partial charge >= 0.3 is 0 Å². The monoisotopic (exact) mass is 268 g/mol. The molecule has 1 aliphatic heterocycles. The zero-order valence-corrected chi connectivity index (χ0v) is 12.3. The minimum atomic E-state index is 0.942. The van der Waals surface area contributed by atoms with Crippen molar-refractivity contribution in [2.24, 2.45) is 5.92 Å². The molecule has 0 aliphatic carbocycles. The van der Waals surface area contributed by atoms with E-state index in [0.29, 0.717) is 0 Å². The first-order chi connectivity index (χ1) is 8.81. The highest BCUT2D eigenvalue weighted by Gasteiger charge is 2.18. The zero-order chi connectivity index (χ0) is 12.8. The van der Waals surface area contributed by atoms with E-state index in [4.69, 9.17) is 0 Å². The van der Waals surface area contributed by atoms with E-state index in [1.807, 2.05) is 0 Å². The van der Waals surface area contributed by atoms with Gasteiger partial charge in [-0.15, -0.1) is 10.2 Å². The van der Waals surface area contributed by atoms with Gasteiger partial charge in [-0.3, -0.25) is 4.90 Å². The molecule has 0 aromatic carbocycles. The summed E-state index contributed by atoms with van der Waals surface area (Å²) in [6.45, 7) is 8.85. The van der Waals surface area contributed by atoms with Gasteiger partial charge in [-0.1, -0.05) is 31.6 Å². The first kappa shape index (κ1) is 13.7. The lowest BCUT2D eigenvalue weighted by molar-refractivity contribution is 0.174. The molecule has 4 nitrogen and oxygen atoms in total. The Hall–Kier alpha value is -0.680. The molecule has 1 aromatic rings. The highest BCUT2D eigenvalue weighted by Crippen LogP contribution is 2.23. The van der Waals surface area contributed by atoms with E-state index in [9.17, 15) is 0 Å². The molecule has 1 aromatic heterocycles. The van der Waals surface area contributed by atoms with Crippen molar-refractivity contribution in [2.45, 2.75) is 46.1 Å². The van der Waals surface area contributed by atoms with Gasteiger partial charge in [0.05, 0.1) is 6.54 Å². The van der Waals surface area contributed by atoms with Crippen LogP contribution in [0.2, 0.25) is 0 Å². The van der Waals surface area contributed by atoms with Crippen LogP contribution in [0, 0.1) is 5.92 Å². The van der Waals surface area contributed by atoms with Crippen molar-refractivity contribution in [3.05, 3.63) is 5.01 Å². The van der Waals surface area contributed by atoms with Crippen LogP contribution in [0.25, 0.3) is 0 Å². The highest BCUT2D eigenvalue weighted by molar-refractivity contribution is 7.15. The van der Waals surface area contributed by atoms with Crippen LogP contribution in [0.4, 0.5) is 5.13 Å². The fraction of sp³-hybridized carbons (Fsp3) is 0.846. The van der Waals surface area contributed by atoms with Gasteiger partial charge in [0.15, 0.2) is 0 Å². The molecule has 18 heavy (non-hydrogen) atoms. The van der Waals surface area contributed by atoms with Crippen LogP contribution in [-0.4, -0.2) is 34.7 Å². The molecule has 0 saturated carbocycles. The van der Waals surface area contributed by atoms with Crippen LogP contribution in [0.15, 0.2) is 0 Å². The number of aromatic nitrogens is 2. The maximum atomic E-state index is 4.27. The van der Waals surface area contributed by atoms with Gasteiger partial charge in [0.1, 0.15) is 5.01 Å². The van der Waals surface area contributed by atoms with E-state index >= 15 is 0 Å². The standard InChI is InChI=1S/C13H24N4S/c1-3-7-14-13-16-15-12(18-13)10-17-8-5-11(4-2)6-9-17/h11H,3-10H2,1-2H3,(H,14,16). The summed E-state index contributed by atoms with van der Waals surface area (Å²) in [5.41, 5.74) is 0. The van der Waals surface area contributed by atoms with Crippen molar-refractivity contribution in [1.29, 1.82) is 0 Å². The number of nitrogens with one attached hydrogen (secondary N) is 1. The lowest BCUT2D eigenvalue weighted by atomic mass is 9.94. The van der Waals surface area contributed by atoms with Crippen LogP contribution in [0.1, 0.15) is 44.5 Å². The van der Waals surface area contributed by atoms with Crippen molar-refractivity contribution in [1.82, 2.24) is 15.1 Å². The van der Waals surface area contributed by atoms with Crippen molar-refractivity contribution in [3.63, 3.8) is 0 Å². The van der Waals surface area contributed by atoms with E-state index < -0.39 is 0 Å². The van der Waals surface area contributed by atoms with Crippen molar-refractivity contribution in [3.8, 4) is 0 Å². The van der Waals surface area contributed by atoms with Crippen molar-refractivity contribution >= 4 is 16.5 Å². The molecule has 0 amide bonds. The van der Waals surface area contributed by atoms with Crippen LogP contribution in [0.3, 0.4) is 0 Å². The molecule has 0 bridgehead atoms. The number of rotatable bonds is 6. The summed E-state index contributed by atoms with van der Waals surface area (Å²) in [6, 6.07) is 0. The van der Waals surface area contributed by atoms with Gasteiger partial charge in [-0.2, -0.15) is 0 Å². The van der Waals surface area contributed by atoms with Gasteiger partial charge in [-0.05, 0) is 38.3 Å². The molecule has 1 fully saturated rings. The van der Waals surface area contributed by atoms with E-state index in [2.05, 4.69) is 34.3 Å². The second kappa shape index (κ2) is 7.04. The van der Waals surface area contributed by atoms with Crippen LogP contribution < -0.4 is 5.32 Å². The molecule has 2 heterocycles. The minimum Gasteiger partial charge on any atom is -0.360 e. The molecular weight excluding hydrogens is 244 g/mol. The maximum absolute atomic E-state index is 4.27. The molecule has 5 heteroatoms. The Morgan fingerprint density at radius 3 is 2.72 bits per heavy atom. The third kappa shape index (κ3) is 3.92. The van der Waals surface area contributed by atoms with Gasteiger partial charge in [-0.25, -0.2) is 0 Å². The molecule has 0 radical (unpaired) electrons. The zero-order valence-electron chi connectivity index (χ0n) is 11.5. The Labute approximate surface area is 114 Å². The number of likely N-dealkylation sites (tertiary alicyclic amines) is 1. The van der Waals surface area contributed by atoms with Crippen LogP contribution in [0.5, 0.6) is 0 Å². The molecule has 2 rings (SSSR count). The van der Waals surface area contributed by atoms with Crippen LogP contribution in [-0.2, 0) is 6.54 Å². The number of hydrogen-bond donors (Lipinski definition) is 1. The SMILES string of the molecule is CCCNc1nnc(CN2CCC(CC)CC2)s1. The van der Waals surface area contributed by atoms with Gasteiger partial charge in [0.25, 0.3) is 0 Å². The average molecular weight is 268 g/mol. The van der Waals surface area contributed by atoms with E-state index in [1.165, 1.54) is 32.4 Å². The van der Waals surface area contributed by atoms with Crippen molar-refractivity contribution < 1.29 is 0 Å². The third-order valence-electron chi connectivity index (χ3n) is 3.64. The Morgan fingerprint density at radius 1 is 1.28 bits per heavy atom. The normalized spacial score (nSPS) is 18.1. The summed E-state index contributed by atoms with van der Waals surface area (Å²) in [7, 11) is 0. The van der Waals surface area contributed by atoms with Crippen molar-refractivity contribution in [2.75, 3.05) is 25.0 Å². The summed E-state index contributed by atoms with van der Waals surface area (Å²) in [5, 5.41) is 13.9. The van der Waals surface area contributed by atoms with Gasteiger partial charge in [0.2, 0.25) is 5.13 Å². The predicted octanol–water partition coefficient (Wildman–Crippen LogP) is 2.98. The Bertz CT molecular complexity index is 345. The number of piperidine rings is 1. The first-order valence-corrected chi connectivity index (χ1v) is 7.92. The topological polar surface area (TPSA) is 41.1 Å². The summed E-state index contributed by atoms with van der Waals surface area (Å²) >= 11 is 1.70. The van der Waals surface area contributed by atoms with Gasteiger partial charge in [0, 0.05) is 6.54 Å².